The summed E-state index contributed by atoms with van der Waals surface area (Å²) in [5.41, 5.74) is 0. The molecule has 0 spiro atoms. The molecule has 2 heterocycles. The maximum atomic E-state index is 4.31. The molecule has 1 aromatic heterocycles. The van der Waals surface area contributed by atoms with Gasteiger partial charge < -0.3 is 10.2 Å². The van der Waals surface area contributed by atoms with E-state index in [0.29, 0.717) is 0 Å². The Bertz CT molecular complexity index is 371. The predicted molar refractivity (Wildman–Crippen MR) is 65.7 cm³/mol. The Hall–Kier alpha value is -0.940. The van der Waals surface area contributed by atoms with Gasteiger partial charge in [0.2, 0.25) is 0 Å². The largest absolute Gasteiger partial charge is 0.310 e. The molecule has 0 radical (unpaired) electrons. The third-order valence-corrected chi connectivity index (χ3v) is 3.62. The number of aromatic nitrogens is 3. The number of hydrogen-bond donors (Lipinski definition) is 1. The summed E-state index contributed by atoms with van der Waals surface area (Å²) in [7, 11) is 1.92. The first-order valence-electron chi connectivity index (χ1n) is 6.62. The van der Waals surface area contributed by atoms with E-state index in [9.17, 15) is 0 Å². The number of aryl methyl sites for hydroxylation is 1. The second-order valence-corrected chi connectivity index (χ2v) is 5.31. The molecule has 1 saturated heterocycles. The molecule has 5 heteroatoms. The monoisotopic (exact) mass is 235 g/mol. The number of likely N-dealkylation sites (tertiary alicyclic amines) is 1. The van der Waals surface area contributed by atoms with Crippen LogP contribution in [-0.4, -0.2) is 51.4 Å². The summed E-state index contributed by atoms with van der Waals surface area (Å²) in [5.74, 6) is 0.964. The van der Waals surface area contributed by atoms with Gasteiger partial charge >= 0.3 is 0 Å². The second-order valence-electron chi connectivity index (χ2n) is 5.31. The zero-order chi connectivity index (χ0) is 11.7. The fraction of sp³-hybridized carbons (Fsp3) is 0.833. The van der Waals surface area contributed by atoms with Crippen molar-refractivity contribution in [2.24, 2.45) is 7.05 Å². The van der Waals surface area contributed by atoms with Crippen LogP contribution in [0.3, 0.4) is 0 Å². The van der Waals surface area contributed by atoms with E-state index in [1.807, 2.05) is 7.05 Å². The molecule has 1 aromatic rings. The zero-order valence-corrected chi connectivity index (χ0v) is 10.5. The molecule has 17 heavy (non-hydrogen) atoms. The predicted octanol–water partition coefficient (Wildman–Crippen LogP) is 0.184. The van der Waals surface area contributed by atoms with Gasteiger partial charge in [-0.05, 0) is 25.8 Å². The molecule has 0 aromatic carbocycles. The van der Waals surface area contributed by atoms with Crippen LogP contribution < -0.4 is 5.32 Å². The Morgan fingerprint density at radius 3 is 2.94 bits per heavy atom. The van der Waals surface area contributed by atoms with Crippen molar-refractivity contribution in [2.75, 3.05) is 19.6 Å². The Balaban J connectivity index is 1.40. The molecule has 3 rings (SSSR count). The third-order valence-electron chi connectivity index (χ3n) is 3.62. The molecule has 1 aliphatic carbocycles. The SMILES string of the molecule is Cn1cnc(CCN2CCC(NC3CC3)C2)n1. The third kappa shape index (κ3) is 3.04. The number of hydrogen-bond acceptors (Lipinski definition) is 4. The van der Waals surface area contributed by atoms with E-state index in [-0.39, 0.29) is 0 Å². The molecule has 1 saturated carbocycles. The highest BCUT2D eigenvalue weighted by atomic mass is 15.3. The molecule has 0 bridgehead atoms. The van der Waals surface area contributed by atoms with E-state index in [2.05, 4.69) is 20.3 Å². The highest BCUT2D eigenvalue weighted by Gasteiger charge is 2.28. The van der Waals surface area contributed by atoms with Crippen LogP contribution >= 0.6 is 0 Å². The van der Waals surface area contributed by atoms with Crippen molar-refractivity contribution < 1.29 is 0 Å². The molecule has 94 valence electrons. The molecule has 5 nitrogen and oxygen atoms in total. The first-order chi connectivity index (χ1) is 8.29. The van der Waals surface area contributed by atoms with Crippen LogP contribution in [0.4, 0.5) is 0 Å². The lowest BCUT2D eigenvalue weighted by Gasteiger charge is -2.15. The average molecular weight is 235 g/mol. The van der Waals surface area contributed by atoms with Crippen LogP contribution in [0.15, 0.2) is 6.33 Å². The summed E-state index contributed by atoms with van der Waals surface area (Å²) < 4.78 is 1.77. The van der Waals surface area contributed by atoms with E-state index >= 15 is 0 Å². The van der Waals surface area contributed by atoms with Gasteiger partial charge in [0.25, 0.3) is 0 Å². The van der Waals surface area contributed by atoms with Gasteiger partial charge in [0, 0.05) is 38.6 Å². The normalized spacial score (nSPS) is 25.6. The van der Waals surface area contributed by atoms with Gasteiger partial charge in [0.1, 0.15) is 6.33 Å². The molecule has 1 N–H and O–H groups in total. The highest BCUT2D eigenvalue weighted by molar-refractivity contribution is 4.90. The zero-order valence-electron chi connectivity index (χ0n) is 10.5. The summed E-state index contributed by atoms with van der Waals surface area (Å²) in [6.45, 7) is 3.51. The first-order valence-corrected chi connectivity index (χ1v) is 6.62. The highest BCUT2D eigenvalue weighted by Crippen LogP contribution is 2.21. The summed E-state index contributed by atoms with van der Waals surface area (Å²) in [5, 5.41) is 8.02. The fourth-order valence-electron chi connectivity index (χ4n) is 2.51. The van der Waals surface area contributed by atoms with Gasteiger partial charge in [-0.15, -0.1) is 0 Å². The minimum Gasteiger partial charge on any atom is -0.310 e. The first kappa shape index (κ1) is 11.2. The quantitative estimate of drug-likeness (QED) is 0.791. The number of nitrogens with zero attached hydrogens (tertiary/aromatic N) is 4. The van der Waals surface area contributed by atoms with Crippen molar-refractivity contribution in [1.82, 2.24) is 25.0 Å². The van der Waals surface area contributed by atoms with E-state index in [1.165, 1.54) is 32.4 Å². The Kier molecular flexibility index (Phi) is 3.11. The van der Waals surface area contributed by atoms with Gasteiger partial charge in [0.05, 0.1) is 0 Å². The smallest absolute Gasteiger partial charge is 0.151 e. The van der Waals surface area contributed by atoms with Gasteiger partial charge in [-0.3, -0.25) is 4.68 Å². The van der Waals surface area contributed by atoms with Crippen molar-refractivity contribution >= 4 is 0 Å². The Morgan fingerprint density at radius 1 is 1.35 bits per heavy atom. The molecule has 0 amide bonds. The van der Waals surface area contributed by atoms with Crippen LogP contribution in [-0.2, 0) is 13.5 Å². The Labute approximate surface area is 102 Å². The molecule has 2 fully saturated rings. The average Bonchev–Trinajstić information content (AvgIpc) is 2.84. The van der Waals surface area contributed by atoms with Crippen molar-refractivity contribution in [3.63, 3.8) is 0 Å². The fourth-order valence-corrected chi connectivity index (χ4v) is 2.51. The number of rotatable bonds is 5. The molecular weight excluding hydrogens is 214 g/mol. The maximum Gasteiger partial charge on any atom is 0.151 e. The standard InChI is InChI=1S/C12H21N5/c1-16-9-13-12(15-16)5-7-17-6-4-11(8-17)14-10-2-3-10/h9-11,14H,2-8H2,1H3. The second kappa shape index (κ2) is 4.74. The minimum absolute atomic E-state index is 0.721. The van der Waals surface area contributed by atoms with Gasteiger partial charge in [-0.2, -0.15) is 5.10 Å². The van der Waals surface area contributed by atoms with Crippen LogP contribution in [0.1, 0.15) is 25.1 Å². The van der Waals surface area contributed by atoms with Crippen molar-refractivity contribution in [2.45, 2.75) is 37.8 Å². The van der Waals surface area contributed by atoms with Crippen molar-refractivity contribution in [3.05, 3.63) is 12.2 Å². The van der Waals surface area contributed by atoms with E-state index in [4.69, 9.17) is 0 Å². The van der Waals surface area contributed by atoms with Crippen LogP contribution in [0.25, 0.3) is 0 Å². The van der Waals surface area contributed by atoms with Crippen LogP contribution in [0.2, 0.25) is 0 Å². The van der Waals surface area contributed by atoms with E-state index in [1.54, 1.807) is 11.0 Å². The maximum absolute atomic E-state index is 4.31. The Morgan fingerprint density at radius 2 is 2.24 bits per heavy atom. The van der Waals surface area contributed by atoms with Crippen molar-refractivity contribution in [3.8, 4) is 0 Å². The van der Waals surface area contributed by atoms with Crippen LogP contribution in [0, 0.1) is 0 Å². The topological polar surface area (TPSA) is 46.0 Å². The molecular formula is C12H21N5. The lowest BCUT2D eigenvalue weighted by molar-refractivity contribution is 0.329. The lowest BCUT2D eigenvalue weighted by atomic mass is 10.2. The summed E-state index contributed by atoms with van der Waals surface area (Å²) in [6, 6.07) is 1.55. The van der Waals surface area contributed by atoms with Crippen LogP contribution in [0.5, 0.6) is 0 Å². The molecule has 1 unspecified atom stereocenters. The van der Waals surface area contributed by atoms with Gasteiger partial charge in [-0.25, -0.2) is 4.98 Å². The minimum atomic E-state index is 0.721. The molecule has 1 aliphatic heterocycles. The summed E-state index contributed by atoms with van der Waals surface area (Å²) in [4.78, 5) is 6.79. The van der Waals surface area contributed by atoms with Gasteiger partial charge in [0.15, 0.2) is 5.82 Å². The molecule has 1 atom stereocenters. The summed E-state index contributed by atoms with van der Waals surface area (Å²) in [6.07, 6.45) is 6.81. The lowest BCUT2D eigenvalue weighted by Crippen LogP contribution is -2.34. The van der Waals surface area contributed by atoms with E-state index < -0.39 is 0 Å². The molecule has 2 aliphatic rings. The van der Waals surface area contributed by atoms with Gasteiger partial charge in [-0.1, -0.05) is 0 Å². The van der Waals surface area contributed by atoms with E-state index in [0.717, 1.165) is 30.9 Å². The number of nitrogens with one attached hydrogen (secondary N) is 1. The summed E-state index contributed by atoms with van der Waals surface area (Å²) >= 11 is 0. The van der Waals surface area contributed by atoms with Crippen molar-refractivity contribution in [1.29, 1.82) is 0 Å².